The summed E-state index contributed by atoms with van der Waals surface area (Å²) in [6.07, 6.45) is 10.1. The predicted molar refractivity (Wildman–Crippen MR) is 146 cm³/mol. The molecule has 0 spiro atoms. The third-order valence-corrected chi connectivity index (χ3v) is 11.3. The Hall–Kier alpha value is 0.340. The van der Waals surface area contributed by atoms with Crippen LogP contribution in [-0.2, 0) is 19.1 Å². The first-order chi connectivity index (χ1) is 15.2. The van der Waals surface area contributed by atoms with Crippen molar-refractivity contribution in [3.8, 4) is 0 Å². The molecule has 0 N–H and O–H groups in total. The van der Waals surface area contributed by atoms with Crippen LogP contribution in [0.5, 0.6) is 0 Å². The van der Waals surface area contributed by atoms with E-state index >= 15 is 0 Å². The molecule has 0 aromatic heterocycles. The summed E-state index contributed by atoms with van der Waals surface area (Å²) >= 11 is 14.1. The number of alkyl halides is 1. The zero-order valence-electron chi connectivity index (χ0n) is 19.5. The highest BCUT2D eigenvalue weighted by atomic mass is 79.9. The van der Waals surface area contributed by atoms with Gasteiger partial charge in [-0.05, 0) is 56.5 Å². The van der Waals surface area contributed by atoms with Crippen LogP contribution in [0.4, 0.5) is 0 Å². The second kappa shape index (κ2) is 15.4. The standard InChI is InChI=1S/C24H36Br4O4/c1-5-9-11-16(7-3)14-31-22(29)18-13-19(25)20(26)21(27)24(18,28)23(30)32-15-17(8-4)12-10-6-2/h13,16-18H,5-12,14-15H2,1-4H3. The Balaban J connectivity index is 3.02. The highest BCUT2D eigenvalue weighted by molar-refractivity contribution is 9.17. The smallest absolute Gasteiger partial charge is 0.329 e. The van der Waals surface area contributed by atoms with Crippen molar-refractivity contribution in [3.63, 3.8) is 0 Å². The Bertz CT molecular complexity index is 691. The van der Waals surface area contributed by atoms with E-state index in [1.807, 2.05) is 0 Å². The monoisotopic (exact) mass is 704 g/mol. The van der Waals surface area contributed by atoms with Gasteiger partial charge in [-0.15, -0.1) is 0 Å². The number of rotatable bonds is 14. The first-order valence-corrected chi connectivity index (χ1v) is 14.8. The van der Waals surface area contributed by atoms with Gasteiger partial charge in [-0.2, -0.15) is 0 Å². The van der Waals surface area contributed by atoms with Crippen molar-refractivity contribution in [1.29, 1.82) is 0 Å². The number of carbonyl (C=O) groups excluding carboxylic acids is 2. The van der Waals surface area contributed by atoms with Gasteiger partial charge in [0.2, 0.25) is 0 Å². The number of ether oxygens (including phenoxy) is 2. The van der Waals surface area contributed by atoms with Gasteiger partial charge in [0.1, 0.15) is 5.92 Å². The van der Waals surface area contributed by atoms with E-state index in [0.717, 1.165) is 51.4 Å². The summed E-state index contributed by atoms with van der Waals surface area (Å²) in [6.45, 7) is 9.21. The molecule has 32 heavy (non-hydrogen) atoms. The Morgan fingerprint density at radius 3 is 1.91 bits per heavy atom. The number of hydrogen-bond acceptors (Lipinski definition) is 4. The van der Waals surface area contributed by atoms with Crippen LogP contribution in [-0.4, -0.2) is 29.5 Å². The van der Waals surface area contributed by atoms with E-state index in [4.69, 9.17) is 9.47 Å². The van der Waals surface area contributed by atoms with E-state index in [1.54, 1.807) is 6.08 Å². The Morgan fingerprint density at radius 2 is 1.44 bits per heavy atom. The minimum atomic E-state index is -1.38. The molecular weight excluding hydrogens is 672 g/mol. The van der Waals surface area contributed by atoms with Crippen molar-refractivity contribution in [2.45, 2.75) is 83.4 Å². The molecule has 8 heteroatoms. The van der Waals surface area contributed by atoms with Crippen molar-refractivity contribution < 1.29 is 19.1 Å². The molecule has 1 aliphatic rings. The second-order valence-electron chi connectivity index (χ2n) is 8.39. The Morgan fingerprint density at radius 1 is 0.938 bits per heavy atom. The third-order valence-electron chi connectivity index (χ3n) is 6.01. The molecule has 0 bridgehead atoms. The zero-order valence-corrected chi connectivity index (χ0v) is 25.9. The minimum Gasteiger partial charge on any atom is -0.465 e. The maximum Gasteiger partial charge on any atom is 0.329 e. The van der Waals surface area contributed by atoms with Crippen LogP contribution < -0.4 is 0 Å². The molecule has 0 heterocycles. The summed E-state index contributed by atoms with van der Waals surface area (Å²) in [6, 6.07) is 0. The van der Waals surface area contributed by atoms with Crippen LogP contribution in [0.15, 0.2) is 19.5 Å². The van der Waals surface area contributed by atoms with Crippen LogP contribution in [0.25, 0.3) is 0 Å². The zero-order chi connectivity index (χ0) is 24.3. The molecule has 4 unspecified atom stereocenters. The summed E-state index contributed by atoms with van der Waals surface area (Å²) in [5.41, 5.74) is 0. The molecule has 184 valence electrons. The van der Waals surface area contributed by atoms with Gasteiger partial charge < -0.3 is 9.47 Å². The first-order valence-electron chi connectivity index (χ1n) is 11.6. The number of esters is 2. The van der Waals surface area contributed by atoms with Gasteiger partial charge in [0.15, 0.2) is 4.32 Å². The maximum atomic E-state index is 13.3. The summed E-state index contributed by atoms with van der Waals surface area (Å²) in [5.74, 6) is -1.17. The predicted octanol–water partition coefficient (Wildman–Crippen LogP) is 8.55. The van der Waals surface area contributed by atoms with Gasteiger partial charge in [-0.1, -0.05) is 104 Å². The molecule has 0 radical (unpaired) electrons. The van der Waals surface area contributed by atoms with Gasteiger partial charge in [-0.25, -0.2) is 0 Å². The average molecular weight is 708 g/mol. The number of unbranched alkanes of at least 4 members (excludes halogenated alkanes) is 2. The largest absolute Gasteiger partial charge is 0.465 e. The Kier molecular flexibility index (Phi) is 14.6. The number of carbonyl (C=O) groups is 2. The topological polar surface area (TPSA) is 52.6 Å². The van der Waals surface area contributed by atoms with Crippen molar-refractivity contribution >= 4 is 75.7 Å². The average Bonchev–Trinajstić information content (AvgIpc) is 2.79. The molecule has 0 amide bonds. The van der Waals surface area contributed by atoms with E-state index in [9.17, 15) is 9.59 Å². The maximum absolute atomic E-state index is 13.3. The number of hydrogen-bond donors (Lipinski definition) is 0. The molecule has 1 aliphatic carbocycles. The van der Waals surface area contributed by atoms with Crippen LogP contribution in [0.1, 0.15) is 79.1 Å². The molecular formula is C24H36Br4O4. The van der Waals surface area contributed by atoms with Gasteiger partial charge >= 0.3 is 11.9 Å². The lowest BCUT2D eigenvalue weighted by Gasteiger charge is -2.35. The van der Waals surface area contributed by atoms with Crippen molar-refractivity contribution in [1.82, 2.24) is 0 Å². The molecule has 0 saturated heterocycles. The quantitative estimate of drug-likeness (QED) is 0.134. The fourth-order valence-electron chi connectivity index (χ4n) is 3.57. The van der Waals surface area contributed by atoms with Gasteiger partial charge in [0, 0.05) is 13.4 Å². The lowest BCUT2D eigenvalue weighted by atomic mass is 9.87. The van der Waals surface area contributed by atoms with Crippen molar-refractivity contribution in [2.75, 3.05) is 13.2 Å². The summed E-state index contributed by atoms with van der Waals surface area (Å²) in [4.78, 5) is 26.5. The van der Waals surface area contributed by atoms with Gasteiger partial charge in [-0.3, -0.25) is 9.59 Å². The first kappa shape index (κ1) is 30.4. The van der Waals surface area contributed by atoms with Crippen molar-refractivity contribution in [2.24, 2.45) is 17.8 Å². The van der Waals surface area contributed by atoms with E-state index in [-0.39, 0.29) is 0 Å². The van der Waals surface area contributed by atoms with Crippen molar-refractivity contribution in [3.05, 3.63) is 19.5 Å². The van der Waals surface area contributed by atoms with Crippen LogP contribution in [0, 0.1) is 17.8 Å². The molecule has 4 nitrogen and oxygen atoms in total. The third kappa shape index (κ3) is 8.23. The highest BCUT2D eigenvalue weighted by Crippen LogP contribution is 2.50. The highest BCUT2D eigenvalue weighted by Gasteiger charge is 2.54. The molecule has 1 rings (SSSR count). The number of allylic oxidation sites excluding steroid dienone is 2. The van der Waals surface area contributed by atoms with Crippen LogP contribution >= 0.6 is 63.7 Å². The summed E-state index contributed by atoms with van der Waals surface area (Å²) in [5, 5.41) is 0. The fraction of sp³-hybridized carbons (Fsp3) is 0.750. The van der Waals surface area contributed by atoms with E-state index < -0.39 is 22.2 Å². The van der Waals surface area contributed by atoms with E-state index in [2.05, 4.69) is 91.4 Å². The molecule has 0 saturated carbocycles. The second-order valence-corrected chi connectivity index (χ2v) is 12.1. The van der Waals surface area contributed by atoms with E-state index in [1.165, 1.54) is 0 Å². The number of halogens is 4. The molecule has 0 aromatic carbocycles. The van der Waals surface area contributed by atoms with E-state index in [0.29, 0.717) is 38.5 Å². The lowest BCUT2D eigenvalue weighted by Crippen LogP contribution is -2.47. The SMILES string of the molecule is CCCCC(CC)COC(=O)C1C=C(Br)C(Br)=C(Br)C1(Br)C(=O)OCC(CC)CCCC. The van der Waals surface area contributed by atoms with Crippen LogP contribution in [0.3, 0.4) is 0 Å². The van der Waals surface area contributed by atoms with Gasteiger partial charge in [0.25, 0.3) is 0 Å². The van der Waals surface area contributed by atoms with Gasteiger partial charge in [0.05, 0.1) is 13.2 Å². The lowest BCUT2D eigenvalue weighted by molar-refractivity contribution is -0.156. The molecule has 4 atom stereocenters. The minimum absolute atomic E-state index is 0.307. The summed E-state index contributed by atoms with van der Waals surface area (Å²) < 4.78 is 11.9. The molecule has 0 aromatic rings. The molecule has 0 fully saturated rings. The van der Waals surface area contributed by atoms with Crippen LogP contribution in [0.2, 0.25) is 0 Å². The summed E-state index contributed by atoms with van der Waals surface area (Å²) in [7, 11) is 0. The normalized spacial score (nSPS) is 22.9. The fourth-order valence-corrected chi connectivity index (χ4v) is 6.26. The Labute approximate surface area is 227 Å². The molecule has 0 aliphatic heterocycles.